The molecule has 2 rings (SSSR count). The molecule has 0 saturated carbocycles. The number of aromatic nitrogens is 4. The zero-order valence-corrected chi connectivity index (χ0v) is 13.4. The van der Waals surface area contributed by atoms with Crippen LogP contribution in [0.25, 0.3) is 0 Å². The first-order valence-electron chi connectivity index (χ1n) is 7.38. The fraction of sp³-hybridized carbons (Fsp3) is 0.500. The maximum absolute atomic E-state index is 4.53. The molecule has 2 aromatic heterocycles. The van der Waals surface area contributed by atoms with Crippen molar-refractivity contribution in [1.82, 2.24) is 24.9 Å². The molecule has 0 amide bonds. The Balaban J connectivity index is 1.89. The molecule has 5 nitrogen and oxygen atoms in total. The second-order valence-corrected chi connectivity index (χ2v) is 5.60. The van der Waals surface area contributed by atoms with Gasteiger partial charge in [-0.2, -0.15) is 10.2 Å². The molecule has 0 aromatic carbocycles. The Labute approximate surface area is 126 Å². The monoisotopic (exact) mass is 287 g/mol. The molecular weight excluding hydrogens is 262 g/mol. The minimum absolute atomic E-state index is 0.335. The Morgan fingerprint density at radius 1 is 1.33 bits per heavy atom. The highest BCUT2D eigenvalue weighted by atomic mass is 15.3. The summed E-state index contributed by atoms with van der Waals surface area (Å²) in [4.78, 5) is 0. The van der Waals surface area contributed by atoms with Gasteiger partial charge in [-0.1, -0.05) is 6.08 Å². The van der Waals surface area contributed by atoms with E-state index in [4.69, 9.17) is 0 Å². The SMILES string of the molecule is C=CCn1cc(CNCC(C)n2nc(C)cc2C)c(C)n1. The lowest BCUT2D eigenvalue weighted by molar-refractivity contribution is 0.443. The number of nitrogens with zero attached hydrogens (tertiary/aromatic N) is 4. The fourth-order valence-electron chi connectivity index (χ4n) is 2.55. The zero-order chi connectivity index (χ0) is 15.4. The second-order valence-electron chi connectivity index (χ2n) is 5.60. The third-order valence-corrected chi connectivity index (χ3v) is 3.58. The molecule has 0 fully saturated rings. The Bertz CT molecular complexity index is 608. The van der Waals surface area contributed by atoms with Gasteiger partial charge in [-0.25, -0.2) is 0 Å². The molecule has 1 atom stereocenters. The number of hydrogen-bond donors (Lipinski definition) is 1. The van der Waals surface area contributed by atoms with Gasteiger partial charge in [0.1, 0.15) is 0 Å². The summed E-state index contributed by atoms with van der Waals surface area (Å²) < 4.78 is 4.00. The van der Waals surface area contributed by atoms with Crippen LogP contribution in [0.1, 0.15) is 35.6 Å². The summed E-state index contributed by atoms with van der Waals surface area (Å²) in [6, 6.07) is 2.45. The molecule has 0 aliphatic carbocycles. The molecule has 1 unspecified atom stereocenters. The van der Waals surface area contributed by atoms with Crippen LogP contribution in [0.5, 0.6) is 0 Å². The van der Waals surface area contributed by atoms with E-state index >= 15 is 0 Å². The molecule has 2 aromatic rings. The number of allylic oxidation sites excluding steroid dienone is 1. The highest BCUT2D eigenvalue weighted by Crippen LogP contribution is 2.10. The van der Waals surface area contributed by atoms with Crippen molar-refractivity contribution in [2.75, 3.05) is 6.54 Å². The molecule has 0 bridgehead atoms. The first-order chi connectivity index (χ1) is 10.0. The maximum Gasteiger partial charge on any atom is 0.0638 e. The predicted molar refractivity (Wildman–Crippen MR) is 85.3 cm³/mol. The minimum Gasteiger partial charge on any atom is -0.310 e. The maximum atomic E-state index is 4.53. The Kier molecular flexibility index (Phi) is 4.96. The van der Waals surface area contributed by atoms with Gasteiger partial charge in [0.2, 0.25) is 0 Å². The van der Waals surface area contributed by atoms with Gasteiger partial charge in [-0.3, -0.25) is 9.36 Å². The molecule has 0 spiro atoms. The molecule has 2 heterocycles. The minimum atomic E-state index is 0.335. The van der Waals surface area contributed by atoms with Crippen LogP contribution in [0, 0.1) is 20.8 Å². The van der Waals surface area contributed by atoms with Gasteiger partial charge in [0.15, 0.2) is 0 Å². The van der Waals surface area contributed by atoms with Gasteiger partial charge in [0, 0.05) is 30.5 Å². The van der Waals surface area contributed by atoms with E-state index in [1.54, 1.807) is 0 Å². The lowest BCUT2D eigenvalue weighted by atomic mass is 10.2. The Morgan fingerprint density at radius 2 is 2.10 bits per heavy atom. The number of rotatable bonds is 7. The van der Waals surface area contributed by atoms with E-state index in [0.717, 1.165) is 31.0 Å². The predicted octanol–water partition coefficient (Wildman–Crippen LogP) is 2.54. The molecular formula is C16H25N5. The van der Waals surface area contributed by atoms with E-state index in [1.807, 2.05) is 24.6 Å². The van der Waals surface area contributed by atoms with Crippen molar-refractivity contribution in [3.8, 4) is 0 Å². The van der Waals surface area contributed by atoms with Gasteiger partial charge in [0.25, 0.3) is 0 Å². The summed E-state index contributed by atoms with van der Waals surface area (Å²) in [6.45, 7) is 14.5. The van der Waals surface area contributed by atoms with Gasteiger partial charge >= 0.3 is 0 Å². The van der Waals surface area contributed by atoms with E-state index in [1.165, 1.54) is 11.3 Å². The highest BCUT2D eigenvalue weighted by Gasteiger charge is 2.10. The van der Waals surface area contributed by atoms with Crippen LogP contribution in [0.2, 0.25) is 0 Å². The number of aryl methyl sites for hydroxylation is 3. The van der Waals surface area contributed by atoms with Gasteiger partial charge in [-0.15, -0.1) is 6.58 Å². The molecule has 5 heteroatoms. The van der Waals surface area contributed by atoms with E-state index in [2.05, 4.69) is 52.9 Å². The quantitative estimate of drug-likeness (QED) is 0.796. The molecule has 0 aliphatic heterocycles. The summed E-state index contributed by atoms with van der Waals surface area (Å²) >= 11 is 0. The van der Waals surface area contributed by atoms with Gasteiger partial charge in [0.05, 0.1) is 24.0 Å². The summed E-state index contributed by atoms with van der Waals surface area (Å²) in [5, 5.41) is 12.5. The van der Waals surface area contributed by atoms with Crippen LogP contribution < -0.4 is 5.32 Å². The molecule has 114 valence electrons. The summed E-state index contributed by atoms with van der Waals surface area (Å²) in [5.74, 6) is 0. The van der Waals surface area contributed by atoms with E-state index < -0.39 is 0 Å². The van der Waals surface area contributed by atoms with Crippen molar-refractivity contribution in [3.05, 3.63) is 47.6 Å². The number of nitrogens with one attached hydrogen (secondary N) is 1. The lowest BCUT2D eigenvalue weighted by Crippen LogP contribution is -2.24. The van der Waals surface area contributed by atoms with Crippen molar-refractivity contribution in [2.24, 2.45) is 0 Å². The highest BCUT2D eigenvalue weighted by molar-refractivity contribution is 5.15. The average molecular weight is 287 g/mol. The normalized spacial score (nSPS) is 12.6. The van der Waals surface area contributed by atoms with E-state index in [-0.39, 0.29) is 0 Å². The first kappa shape index (κ1) is 15.5. The van der Waals surface area contributed by atoms with Gasteiger partial charge in [-0.05, 0) is 33.8 Å². The largest absolute Gasteiger partial charge is 0.310 e. The molecule has 0 aliphatic rings. The second kappa shape index (κ2) is 6.72. The van der Waals surface area contributed by atoms with Crippen LogP contribution in [-0.2, 0) is 13.1 Å². The molecule has 0 saturated heterocycles. The van der Waals surface area contributed by atoms with Crippen LogP contribution in [0.4, 0.5) is 0 Å². The summed E-state index contributed by atoms with van der Waals surface area (Å²) in [6.07, 6.45) is 3.94. The van der Waals surface area contributed by atoms with Crippen LogP contribution in [0.3, 0.4) is 0 Å². The molecule has 0 radical (unpaired) electrons. The number of hydrogen-bond acceptors (Lipinski definition) is 3. The van der Waals surface area contributed by atoms with Crippen molar-refractivity contribution >= 4 is 0 Å². The van der Waals surface area contributed by atoms with E-state index in [9.17, 15) is 0 Å². The average Bonchev–Trinajstić information content (AvgIpc) is 2.93. The molecule has 1 N–H and O–H groups in total. The third-order valence-electron chi connectivity index (χ3n) is 3.58. The Hall–Kier alpha value is -1.88. The van der Waals surface area contributed by atoms with Gasteiger partial charge < -0.3 is 5.32 Å². The third kappa shape index (κ3) is 3.82. The summed E-state index contributed by atoms with van der Waals surface area (Å²) in [5.41, 5.74) is 4.58. The topological polar surface area (TPSA) is 47.7 Å². The van der Waals surface area contributed by atoms with Crippen LogP contribution in [-0.4, -0.2) is 26.1 Å². The smallest absolute Gasteiger partial charge is 0.0638 e. The summed E-state index contributed by atoms with van der Waals surface area (Å²) in [7, 11) is 0. The van der Waals surface area contributed by atoms with Crippen molar-refractivity contribution < 1.29 is 0 Å². The molecule has 21 heavy (non-hydrogen) atoms. The lowest BCUT2D eigenvalue weighted by Gasteiger charge is -2.15. The van der Waals surface area contributed by atoms with Crippen LogP contribution >= 0.6 is 0 Å². The first-order valence-corrected chi connectivity index (χ1v) is 7.38. The van der Waals surface area contributed by atoms with Crippen LogP contribution in [0.15, 0.2) is 24.9 Å². The van der Waals surface area contributed by atoms with Crippen molar-refractivity contribution in [3.63, 3.8) is 0 Å². The van der Waals surface area contributed by atoms with Crippen molar-refractivity contribution in [1.29, 1.82) is 0 Å². The zero-order valence-electron chi connectivity index (χ0n) is 13.4. The standard InChI is InChI=1S/C16H25N5/c1-6-7-20-11-16(15(5)19-20)10-17-9-14(4)21-13(3)8-12(2)18-21/h6,8,11,14,17H,1,7,9-10H2,2-5H3. The van der Waals surface area contributed by atoms with E-state index in [0.29, 0.717) is 6.04 Å². The van der Waals surface area contributed by atoms with Crippen molar-refractivity contribution in [2.45, 2.75) is 46.8 Å². The fourth-order valence-corrected chi connectivity index (χ4v) is 2.55. The Morgan fingerprint density at radius 3 is 2.71 bits per heavy atom.